The Labute approximate surface area is 94.1 Å². The fourth-order valence-corrected chi connectivity index (χ4v) is 2.76. The van der Waals surface area contributed by atoms with E-state index in [1.807, 2.05) is 0 Å². The van der Waals surface area contributed by atoms with E-state index >= 15 is 0 Å². The van der Waals surface area contributed by atoms with Gasteiger partial charge in [-0.2, -0.15) is 0 Å². The number of benzene rings is 1. The van der Waals surface area contributed by atoms with Crippen LogP contribution in [0.3, 0.4) is 0 Å². The predicted octanol–water partition coefficient (Wildman–Crippen LogP) is 1.29. The molecule has 0 bridgehead atoms. The summed E-state index contributed by atoms with van der Waals surface area (Å²) in [4.78, 5) is 10.7. The molecule has 1 aromatic rings. The minimum atomic E-state index is -3.67. The van der Waals surface area contributed by atoms with E-state index in [-0.39, 0.29) is 11.3 Å². The zero-order chi connectivity index (χ0) is 12.2. The molecule has 0 radical (unpaired) electrons. The lowest BCUT2D eigenvalue weighted by molar-refractivity contribution is 0.139. The molecule has 2 N–H and O–H groups in total. The fraction of sp³-hybridized carbons (Fsp3) is 0.300. The van der Waals surface area contributed by atoms with Crippen molar-refractivity contribution in [3.63, 3.8) is 0 Å². The maximum Gasteiger partial charge on any atom is 0.405 e. The number of carbonyl (C=O) groups excluding carboxylic acids is 1. The molecule has 0 saturated carbocycles. The van der Waals surface area contributed by atoms with E-state index in [1.165, 1.54) is 12.1 Å². The highest BCUT2D eigenvalue weighted by molar-refractivity contribution is 7.92. The number of nitrogens with two attached hydrogens (primary N) is 1. The van der Waals surface area contributed by atoms with Crippen LogP contribution in [0.2, 0.25) is 0 Å². The SMILES string of the molecule is CCC(OC(N)=O)S(=O)(=O)c1ccccc1. The topological polar surface area (TPSA) is 86.5 Å². The lowest BCUT2D eigenvalue weighted by Gasteiger charge is -2.15. The molecule has 1 atom stereocenters. The molecule has 1 aromatic carbocycles. The van der Waals surface area contributed by atoms with Crippen LogP contribution in [0.5, 0.6) is 0 Å². The van der Waals surface area contributed by atoms with Gasteiger partial charge in [0.05, 0.1) is 4.90 Å². The molecule has 0 saturated heterocycles. The first-order valence-corrected chi connectivity index (χ1v) is 6.28. The third-order valence-electron chi connectivity index (χ3n) is 2.00. The van der Waals surface area contributed by atoms with Crippen molar-refractivity contribution in [1.82, 2.24) is 0 Å². The van der Waals surface area contributed by atoms with Gasteiger partial charge in [-0.3, -0.25) is 0 Å². The average Bonchev–Trinajstić information content (AvgIpc) is 2.26. The zero-order valence-corrected chi connectivity index (χ0v) is 9.61. The van der Waals surface area contributed by atoms with E-state index in [0.29, 0.717) is 0 Å². The molecule has 88 valence electrons. The quantitative estimate of drug-likeness (QED) is 0.863. The van der Waals surface area contributed by atoms with Crippen LogP contribution < -0.4 is 5.73 Å². The molecule has 1 unspecified atom stereocenters. The van der Waals surface area contributed by atoms with Gasteiger partial charge >= 0.3 is 6.09 Å². The van der Waals surface area contributed by atoms with Crippen LogP contribution in [0.4, 0.5) is 4.79 Å². The van der Waals surface area contributed by atoms with E-state index in [2.05, 4.69) is 4.74 Å². The standard InChI is InChI=1S/C10H13NO4S/c1-2-9(15-10(11)12)16(13,14)8-6-4-3-5-7-8/h3-7,9H,2H2,1H3,(H2,11,12). The van der Waals surface area contributed by atoms with Gasteiger partial charge in [0.15, 0.2) is 0 Å². The Morgan fingerprint density at radius 2 is 1.94 bits per heavy atom. The summed E-state index contributed by atoms with van der Waals surface area (Å²) in [6, 6.07) is 7.80. The van der Waals surface area contributed by atoms with Gasteiger partial charge in [-0.1, -0.05) is 25.1 Å². The minimum Gasteiger partial charge on any atom is -0.430 e. The molecule has 16 heavy (non-hydrogen) atoms. The number of primary amides is 1. The van der Waals surface area contributed by atoms with E-state index in [0.717, 1.165) is 0 Å². The smallest absolute Gasteiger partial charge is 0.405 e. The van der Waals surface area contributed by atoms with Crippen LogP contribution in [0.15, 0.2) is 35.2 Å². The molecule has 1 amide bonds. The first-order valence-electron chi connectivity index (χ1n) is 4.73. The van der Waals surface area contributed by atoms with Crippen LogP contribution >= 0.6 is 0 Å². The first-order chi connectivity index (χ1) is 7.48. The maximum atomic E-state index is 12.0. The second-order valence-corrected chi connectivity index (χ2v) is 5.22. The summed E-state index contributed by atoms with van der Waals surface area (Å²) in [6.45, 7) is 1.61. The molecular weight excluding hydrogens is 230 g/mol. The zero-order valence-electron chi connectivity index (χ0n) is 8.79. The average molecular weight is 243 g/mol. The first kappa shape index (κ1) is 12.5. The van der Waals surface area contributed by atoms with Crippen LogP contribution in [-0.4, -0.2) is 19.9 Å². The summed E-state index contributed by atoms with van der Waals surface area (Å²) < 4.78 is 28.5. The monoisotopic (exact) mass is 243 g/mol. The lowest BCUT2D eigenvalue weighted by Crippen LogP contribution is -2.29. The molecule has 5 nitrogen and oxygen atoms in total. The molecule has 1 rings (SSSR count). The van der Waals surface area contributed by atoms with Crippen molar-refractivity contribution in [2.24, 2.45) is 5.73 Å². The molecular formula is C10H13NO4S. The van der Waals surface area contributed by atoms with Gasteiger partial charge in [0, 0.05) is 0 Å². The Morgan fingerprint density at radius 3 is 2.38 bits per heavy atom. The van der Waals surface area contributed by atoms with Crippen molar-refractivity contribution in [3.8, 4) is 0 Å². The molecule has 0 fully saturated rings. The van der Waals surface area contributed by atoms with Gasteiger partial charge in [-0.15, -0.1) is 0 Å². The second-order valence-electron chi connectivity index (χ2n) is 3.13. The Hall–Kier alpha value is -1.56. The summed E-state index contributed by atoms with van der Waals surface area (Å²) in [6.07, 6.45) is -0.938. The number of hydrogen-bond acceptors (Lipinski definition) is 4. The summed E-state index contributed by atoms with van der Waals surface area (Å²) in [7, 11) is -3.67. The van der Waals surface area contributed by atoms with Crippen molar-refractivity contribution in [3.05, 3.63) is 30.3 Å². The summed E-state index contributed by atoms with van der Waals surface area (Å²) in [5, 5.41) is 0. The Bertz CT molecular complexity index is 455. The number of ether oxygens (including phenoxy) is 1. The number of carbonyl (C=O) groups is 1. The van der Waals surface area contributed by atoms with Crippen molar-refractivity contribution < 1.29 is 17.9 Å². The normalized spacial score (nSPS) is 13.1. The van der Waals surface area contributed by atoms with Gasteiger partial charge in [-0.05, 0) is 18.6 Å². The Balaban J connectivity index is 3.05. The molecule has 0 aliphatic carbocycles. The van der Waals surface area contributed by atoms with E-state index in [4.69, 9.17) is 5.73 Å². The van der Waals surface area contributed by atoms with Gasteiger partial charge in [-0.25, -0.2) is 13.2 Å². The summed E-state index contributed by atoms with van der Waals surface area (Å²) >= 11 is 0. The van der Waals surface area contributed by atoms with Crippen LogP contribution in [0.1, 0.15) is 13.3 Å². The third kappa shape index (κ3) is 2.73. The predicted molar refractivity (Wildman–Crippen MR) is 58.4 cm³/mol. The highest BCUT2D eigenvalue weighted by Gasteiger charge is 2.28. The Morgan fingerprint density at radius 1 is 1.38 bits per heavy atom. The number of hydrogen-bond donors (Lipinski definition) is 1. The van der Waals surface area contributed by atoms with Crippen molar-refractivity contribution in [1.29, 1.82) is 0 Å². The van der Waals surface area contributed by atoms with Gasteiger partial charge in [0.2, 0.25) is 15.3 Å². The van der Waals surface area contributed by atoms with Crippen molar-refractivity contribution >= 4 is 15.9 Å². The molecule has 0 spiro atoms. The van der Waals surface area contributed by atoms with E-state index in [9.17, 15) is 13.2 Å². The number of rotatable bonds is 4. The molecule has 0 aromatic heterocycles. The number of amides is 1. The molecule has 0 aliphatic heterocycles. The summed E-state index contributed by atoms with van der Waals surface area (Å²) in [5.74, 6) is 0. The largest absolute Gasteiger partial charge is 0.430 e. The third-order valence-corrected chi connectivity index (χ3v) is 4.05. The van der Waals surface area contributed by atoms with E-state index in [1.54, 1.807) is 25.1 Å². The van der Waals surface area contributed by atoms with Crippen LogP contribution in [0.25, 0.3) is 0 Å². The fourth-order valence-electron chi connectivity index (χ4n) is 1.26. The highest BCUT2D eigenvalue weighted by atomic mass is 32.2. The lowest BCUT2D eigenvalue weighted by atomic mass is 10.4. The molecule has 6 heteroatoms. The van der Waals surface area contributed by atoms with Crippen molar-refractivity contribution in [2.45, 2.75) is 23.7 Å². The van der Waals surface area contributed by atoms with Crippen molar-refractivity contribution in [2.75, 3.05) is 0 Å². The Kier molecular flexibility index (Phi) is 3.89. The second kappa shape index (κ2) is 4.98. The van der Waals surface area contributed by atoms with Gasteiger partial charge < -0.3 is 10.5 Å². The van der Waals surface area contributed by atoms with Gasteiger partial charge in [0.25, 0.3) is 0 Å². The van der Waals surface area contributed by atoms with Crippen LogP contribution in [0, 0.1) is 0 Å². The molecule has 0 aliphatic rings. The molecule has 0 heterocycles. The number of sulfone groups is 1. The van der Waals surface area contributed by atoms with E-state index < -0.39 is 21.4 Å². The van der Waals surface area contributed by atoms with Gasteiger partial charge in [0.1, 0.15) is 0 Å². The highest BCUT2D eigenvalue weighted by Crippen LogP contribution is 2.18. The summed E-state index contributed by atoms with van der Waals surface area (Å²) in [5.41, 5.74) is 3.59. The van der Waals surface area contributed by atoms with Crippen LogP contribution in [-0.2, 0) is 14.6 Å². The minimum absolute atomic E-state index is 0.114. The maximum absolute atomic E-state index is 12.0.